The van der Waals surface area contributed by atoms with E-state index in [0.29, 0.717) is 25.8 Å². The lowest BCUT2D eigenvalue weighted by Gasteiger charge is -2.26. The summed E-state index contributed by atoms with van der Waals surface area (Å²) >= 11 is 0. The van der Waals surface area contributed by atoms with Crippen molar-refractivity contribution < 1.29 is 9.47 Å². The van der Waals surface area contributed by atoms with Crippen LogP contribution in [-0.2, 0) is 4.74 Å². The van der Waals surface area contributed by atoms with Crippen LogP contribution in [0.2, 0.25) is 0 Å². The number of nitrogens with two attached hydrogens (primary N) is 1. The standard InChI is InChI=1S/C10H18N6O2/c1-2-5-18-10-13-8(11)12-9(14-10)15-16-3-6-17-7-4-16/h2-7H2,1H3,(H3,11,12,13,14,15). The molecule has 0 unspecified atom stereocenters. The van der Waals surface area contributed by atoms with Crippen LogP contribution in [0.15, 0.2) is 0 Å². The molecule has 2 heterocycles. The summed E-state index contributed by atoms with van der Waals surface area (Å²) < 4.78 is 10.6. The molecule has 0 bridgehead atoms. The molecular formula is C10H18N6O2. The van der Waals surface area contributed by atoms with E-state index in [2.05, 4.69) is 20.4 Å². The molecule has 18 heavy (non-hydrogen) atoms. The summed E-state index contributed by atoms with van der Waals surface area (Å²) in [4.78, 5) is 12.1. The maximum Gasteiger partial charge on any atom is 0.323 e. The number of nitrogen functional groups attached to an aromatic ring is 1. The first-order valence-electron chi connectivity index (χ1n) is 6.01. The normalized spacial score (nSPS) is 16.5. The van der Waals surface area contributed by atoms with Crippen LogP contribution < -0.4 is 15.9 Å². The molecule has 1 saturated heterocycles. The number of ether oxygens (including phenoxy) is 2. The van der Waals surface area contributed by atoms with Gasteiger partial charge in [-0.1, -0.05) is 6.92 Å². The second kappa shape index (κ2) is 6.31. The van der Waals surface area contributed by atoms with E-state index in [4.69, 9.17) is 15.2 Å². The van der Waals surface area contributed by atoms with Crippen molar-refractivity contribution in [1.29, 1.82) is 0 Å². The Morgan fingerprint density at radius 1 is 1.33 bits per heavy atom. The second-order valence-corrected chi connectivity index (χ2v) is 3.86. The van der Waals surface area contributed by atoms with Gasteiger partial charge in [-0.05, 0) is 6.42 Å². The van der Waals surface area contributed by atoms with Crippen molar-refractivity contribution in [2.24, 2.45) is 0 Å². The fourth-order valence-corrected chi connectivity index (χ4v) is 1.50. The molecule has 0 amide bonds. The lowest BCUT2D eigenvalue weighted by Crippen LogP contribution is -2.40. The maximum absolute atomic E-state index is 5.61. The summed E-state index contributed by atoms with van der Waals surface area (Å²) in [5.41, 5.74) is 8.68. The topological polar surface area (TPSA) is 98.4 Å². The quantitative estimate of drug-likeness (QED) is 0.751. The number of rotatable bonds is 5. The average Bonchev–Trinajstić information content (AvgIpc) is 2.37. The second-order valence-electron chi connectivity index (χ2n) is 3.86. The van der Waals surface area contributed by atoms with Gasteiger partial charge in [0.05, 0.1) is 19.8 Å². The summed E-state index contributed by atoms with van der Waals surface area (Å²) in [5.74, 6) is 0.544. The predicted molar refractivity (Wildman–Crippen MR) is 66.0 cm³/mol. The molecule has 0 aliphatic carbocycles. The van der Waals surface area contributed by atoms with Crippen LogP contribution in [0.1, 0.15) is 13.3 Å². The molecule has 0 radical (unpaired) electrons. The van der Waals surface area contributed by atoms with Gasteiger partial charge in [0.15, 0.2) is 0 Å². The minimum Gasteiger partial charge on any atom is -0.463 e. The van der Waals surface area contributed by atoms with Gasteiger partial charge in [0.1, 0.15) is 0 Å². The minimum atomic E-state index is 0.145. The highest BCUT2D eigenvalue weighted by Gasteiger charge is 2.12. The Morgan fingerprint density at radius 3 is 2.83 bits per heavy atom. The predicted octanol–water partition coefficient (Wildman–Crippen LogP) is -0.0983. The molecule has 2 rings (SSSR count). The lowest BCUT2D eigenvalue weighted by molar-refractivity contribution is 0.0492. The van der Waals surface area contributed by atoms with Crippen LogP contribution in [-0.4, -0.2) is 52.9 Å². The Bertz CT molecular complexity index is 383. The van der Waals surface area contributed by atoms with Gasteiger partial charge in [-0.2, -0.15) is 15.0 Å². The van der Waals surface area contributed by atoms with Crippen molar-refractivity contribution in [3.05, 3.63) is 0 Å². The third-order valence-electron chi connectivity index (χ3n) is 2.34. The van der Waals surface area contributed by atoms with Gasteiger partial charge in [-0.25, -0.2) is 5.01 Å². The summed E-state index contributed by atoms with van der Waals surface area (Å²) in [6, 6.07) is 0.250. The Hall–Kier alpha value is -1.67. The summed E-state index contributed by atoms with van der Waals surface area (Å²) in [7, 11) is 0. The number of hydrogen-bond donors (Lipinski definition) is 2. The van der Waals surface area contributed by atoms with Crippen LogP contribution in [0, 0.1) is 0 Å². The molecule has 0 atom stereocenters. The van der Waals surface area contributed by atoms with Crippen molar-refractivity contribution in [3.63, 3.8) is 0 Å². The van der Waals surface area contributed by atoms with E-state index in [9.17, 15) is 0 Å². The summed E-state index contributed by atoms with van der Waals surface area (Å²) in [6.45, 7) is 5.49. The van der Waals surface area contributed by atoms with Crippen LogP contribution in [0.5, 0.6) is 6.01 Å². The fraction of sp³-hybridized carbons (Fsp3) is 0.700. The Kier molecular flexibility index (Phi) is 4.48. The SMILES string of the molecule is CCCOc1nc(N)nc(NN2CCOCC2)n1. The number of nitrogens with one attached hydrogen (secondary N) is 1. The third-order valence-corrected chi connectivity index (χ3v) is 2.34. The first kappa shape index (κ1) is 12.8. The molecule has 1 aliphatic heterocycles. The fourth-order valence-electron chi connectivity index (χ4n) is 1.50. The maximum atomic E-state index is 5.61. The molecule has 1 aromatic rings. The third kappa shape index (κ3) is 3.67. The van der Waals surface area contributed by atoms with Gasteiger partial charge in [0.25, 0.3) is 0 Å². The van der Waals surface area contributed by atoms with Crippen molar-refractivity contribution in [3.8, 4) is 6.01 Å². The summed E-state index contributed by atoms with van der Waals surface area (Å²) in [6.07, 6.45) is 0.887. The van der Waals surface area contributed by atoms with Gasteiger partial charge >= 0.3 is 6.01 Å². The number of hydrogen-bond acceptors (Lipinski definition) is 8. The monoisotopic (exact) mass is 254 g/mol. The van der Waals surface area contributed by atoms with Gasteiger partial charge in [0, 0.05) is 13.1 Å². The number of nitrogens with zero attached hydrogens (tertiary/aromatic N) is 4. The Labute approximate surface area is 105 Å². The smallest absolute Gasteiger partial charge is 0.323 e. The van der Waals surface area contributed by atoms with Crippen molar-refractivity contribution in [2.75, 3.05) is 44.1 Å². The zero-order chi connectivity index (χ0) is 12.8. The van der Waals surface area contributed by atoms with Crippen molar-refractivity contribution in [2.45, 2.75) is 13.3 Å². The molecule has 1 aliphatic rings. The molecule has 3 N–H and O–H groups in total. The molecular weight excluding hydrogens is 236 g/mol. The van der Waals surface area contributed by atoms with Gasteiger partial charge < -0.3 is 15.2 Å². The highest BCUT2D eigenvalue weighted by atomic mass is 16.5. The number of morpholine rings is 1. The number of anilines is 2. The largest absolute Gasteiger partial charge is 0.463 e. The zero-order valence-corrected chi connectivity index (χ0v) is 10.4. The molecule has 1 aromatic heterocycles. The highest BCUT2D eigenvalue weighted by Crippen LogP contribution is 2.10. The van der Waals surface area contributed by atoms with E-state index >= 15 is 0 Å². The van der Waals surface area contributed by atoms with Crippen LogP contribution in [0.4, 0.5) is 11.9 Å². The van der Waals surface area contributed by atoms with E-state index < -0.39 is 0 Å². The van der Waals surface area contributed by atoms with E-state index in [1.54, 1.807) is 0 Å². The van der Waals surface area contributed by atoms with E-state index in [1.807, 2.05) is 11.9 Å². The van der Waals surface area contributed by atoms with Crippen molar-refractivity contribution in [1.82, 2.24) is 20.0 Å². The highest BCUT2D eigenvalue weighted by molar-refractivity contribution is 5.31. The van der Waals surface area contributed by atoms with Crippen molar-refractivity contribution >= 4 is 11.9 Å². The Morgan fingerprint density at radius 2 is 2.11 bits per heavy atom. The molecule has 1 fully saturated rings. The van der Waals surface area contributed by atoms with Gasteiger partial charge in [-0.15, -0.1) is 0 Å². The van der Waals surface area contributed by atoms with Gasteiger partial charge in [0.2, 0.25) is 11.9 Å². The van der Waals surface area contributed by atoms with Crippen LogP contribution >= 0.6 is 0 Å². The molecule has 0 aromatic carbocycles. The molecule has 8 heteroatoms. The zero-order valence-electron chi connectivity index (χ0n) is 10.4. The first-order valence-corrected chi connectivity index (χ1v) is 6.01. The van der Waals surface area contributed by atoms with Crippen LogP contribution in [0.3, 0.4) is 0 Å². The molecule has 8 nitrogen and oxygen atoms in total. The molecule has 0 saturated carbocycles. The Balaban J connectivity index is 1.99. The molecule has 0 spiro atoms. The van der Waals surface area contributed by atoms with Gasteiger partial charge in [-0.3, -0.25) is 5.43 Å². The number of hydrazine groups is 1. The average molecular weight is 254 g/mol. The lowest BCUT2D eigenvalue weighted by atomic mass is 10.5. The minimum absolute atomic E-state index is 0.145. The van der Waals surface area contributed by atoms with E-state index in [-0.39, 0.29) is 12.0 Å². The molecule has 100 valence electrons. The number of aromatic nitrogens is 3. The first-order chi connectivity index (χ1) is 8.78. The van der Waals surface area contributed by atoms with E-state index in [0.717, 1.165) is 19.5 Å². The van der Waals surface area contributed by atoms with Crippen LogP contribution in [0.25, 0.3) is 0 Å². The van der Waals surface area contributed by atoms with E-state index in [1.165, 1.54) is 0 Å². The summed E-state index contributed by atoms with van der Waals surface area (Å²) in [5, 5.41) is 1.97.